The molecule has 9 nitrogen and oxygen atoms in total. The van der Waals surface area contributed by atoms with E-state index >= 15 is 0 Å². The summed E-state index contributed by atoms with van der Waals surface area (Å²) < 4.78 is 10.9. The highest BCUT2D eigenvalue weighted by atomic mass is 16.5. The molecule has 9 heteroatoms. The second kappa shape index (κ2) is 12.4. The minimum atomic E-state index is -1.17. The van der Waals surface area contributed by atoms with Gasteiger partial charge in [-0.05, 0) is 86.9 Å². The van der Waals surface area contributed by atoms with Crippen molar-refractivity contribution >= 4 is 29.4 Å². The van der Waals surface area contributed by atoms with Gasteiger partial charge in [-0.1, -0.05) is 18.2 Å². The zero-order valence-electron chi connectivity index (χ0n) is 21.5. The lowest BCUT2D eigenvalue weighted by molar-refractivity contribution is -0.149. The van der Waals surface area contributed by atoms with E-state index in [1.807, 2.05) is 32.0 Å². The summed E-state index contributed by atoms with van der Waals surface area (Å²) in [7, 11) is 1.19. The third-order valence-corrected chi connectivity index (χ3v) is 6.37. The van der Waals surface area contributed by atoms with E-state index in [1.165, 1.54) is 7.11 Å². The number of nitrogens with one attached hydrogen (secondary N) is 2. The van der Waals surface area contributed by atoms with Crippen LogP contribution in [0.4, 0.5) is 5.69 Å². The van der Waals surface area contributed by atoms with Crippen LogP contribution in [0, 0.1) is 13.8 Å². The molecule has 2 aromatic carbocycles. The van der Waals surface area contributed by atoms with E-state index in [4.69, 9.17) is 14.6 Å². The third-order valence-electron chi connectivity index (χ3n) is 6.37. The number of anilines is 1. The van der Waals surface area contributed by atoms with Gasteiger partial charge in [-0.2, -0.15) is 0 Å². The molecule has 1 saturated carbocycles. The lowest BCUT2D eigenvalue weighted by Gasteiger charge is -2.30. The summed E-state index contributed by atoms with van der Waals surface area (Å²) in [5.41, 5.74) is 2.52. The molecule has 0 aromatic heterocycles. The minimum Gasteiger partial charge on any atom is -0.481 e. The summed E-state index contributed by atoms with van der Waals surface area (Å²) >= 11 is 0. The van der Waals surface area contributed by atoms with Crippen LogP contribution in [0.2, 0.25) is 0 Å². The lowest BCUT2D eigenvalue weighted by atomic mass is 9.99. The number of aryl methyl sites for hydroxylation is 2. The van der Waals surface area contributed by atoms with Crippen LogP contribution >= 0.6 is 0 Å². The SMILES string of the molecule is COC(=O)[C@H](CCC(=O)O)NC(=O)C1(Oc2ccc(CC(=O)Nc3cc(C)cc(C)c3)cc2)CCCC1. The van der Waals surface area contributed by atoms with Crippen molar-refractivity contribution in [1.29, 1.82) is 0 Å². The van der Waals surface area contributed by atoms with Crippen molar-refractivity contribution in [3.8, 4) is 5.75 Å². The highest BCUT2D eigenvalue weighted by Gasteiger charge is 2.45. The molecule has 2 amide bonds. The molecule has 3 N–H and O–H groups in total. The Morgan fingerprint density at radius 2 is 1.62 bits per heavy atom. The monoisotopic (exact) mass is 510 g/mol. The van der Waals surface area contributed by atoms with E-state index in [2.05, 4.69) is 10.6 Å². The molecule has 1 fully saturated rings. The molecule has 198 valence electrons. The van der Waals surface area contributed by atoms with Gasteiger partial charge in [-0.3, -0.25) is 14.4 Å². The molecule has 3 rings (SSSR count). The number of carboxylic acids is 1. The number of hydrogen-bond donors (Lipinski definition) is 3. The molecule has 0 heterocycles. The van der Waals surface area contributed by atoms with Gasteiger partial charge < -0.3 is 25.2 Å². The summed E-state index contributed by atoms with van der Waals surface area (Å²) in [6.07, 6.45) is 2.31. The van der Waals surface area contributed by atoms with Crippen molar-refractivity contribution in [2.24, 2.45) is 0 Å². The molecule has 37 heavy (non-hydrogen) atoms. The Balaban J connectivity index is 1.65. The standard InChI is InChI=1S/C28H34N2O7/c1-18-14-19(2)16-21(15-18)29-24(31)17-20-6-8-22(9-7-20)37-28(12-4-5-13-28)27(35)30-23(26(34)36-3)10-11-25(32)33/h6-9,14-16,23H,4-5,10-13,17H2,1-3H3,(H,29,31)(H,30,35)(H,32,33)/t23-/m0/s1. The van der Waals surface area contributed by atoms with Crippen LogP contribution in [0.1, 0.15) is 55.2 Å². The quantitative estimate of drug-likeness (QED) is 0.393. The second-order valence-corrected chi connectivity index (χ2v) is 9.53. The first-order chi connectivity index (χ1) is 17.6. The van der Waals surface area contributed by atoms with Gasteiger partial charge in [0.1, 0.15) is 11.8 Å². The number of esters is 1. The molecule has 1 aliphatic rings. The fourth-order valence-corrected chi connectivity index (χ4v) is 4.61. The highest BCUT2D eigenvalue weighted by Crippen LogP contribution is 2.35. The first kappa shape index (κ1) is 27.7. The number of methoxy groups -OCH3 is 1. The molecular formula is C28H34N2O7. The molecule has 1 atom stereocenters. The number of hydrogen-bond acceptors (Lipinski definition) is 6. The maximum atomic E-state index is 13.2. The summed E-state index contributed by atoms with van der Waals surface area (Å²) in [4.78, 5) is 48.8. The van der Waals surface area contributed by atoms with Gasteiger partial charge in [0.05, 0.1) is 13.5 Å². The molecule has 0 unspecified atom stereocenters. The van der Waals surface area contributed by atoms with Crippen molar-refractivity contribution in [2.45, 2.75) is 70.4 Å². The number of benzene rings is 2. The third kappa shape index (κ3) is 7.80. The van der Waals surface area contributed by atoms with Crippen LogP contribution in [0.15, 0.2) is 42.5 Å². The minimum absolute atomic E-state index is 0.0806. The van der Waals surface area contributed by atoms with Gasteiger partial charge in [0.2, 0.25) is 5.91 Å². The summed E-state index contributed by atoms with van der Waals surface area (Å²) in [6.45, 7) is 3.95. The highest BCUT2D eigenvalue weighted by molar-refractivity contribution is 5.92. The van der Waals surface area contributed by atoms with Crippen LogP contribution in [0.25, 0.3) is 0 Å². The summed E-state index contributed by atoms with van der Waals surface area (Å²) in [5.74, 6) is -1.91. The van der Waals surface area contributed by atoms with Crippen molar-refractivity contribution in [2.75, 3.05) is 12.4 Å². The van der Waals surface area contributed by atoms with E-state index in [0.717, 1.165) is 35.2 Å². The largest absolute Gasteiger partial charge is 0.481 e. The normalized spacial score (nSPS) is 14.9. The van der Waals surface area contributed by atoms with Crippen molar-refractivity contribution < 1.29 is 33.8 Å². The van der Waals surface area contributed by atoms with Crippen LogP contribution in [0.5, 0.6) is 5.75 Å². The Hall–Kier alpha value is -3.88. The molecule has 0 aliphatic heterocycles. The Labute approximate surface area is 216 Å². The maximum Gasteiger partial charge on any atom is 0.328 e. The molecule has 0 spiro atoms. The second-order valence-electron chi connectivity index (χ2n) is 9.53. The average Bonchev–Trinajstić information content (AvgIpc) is 3.31. The zero-order valence-corrected chi connectivity index (χ0v) is 21.5. The first-order valence-electron chi connectivity index (χ1n) is 12.4. The topological polar surface area (TPSA) is 131 Å². The Bertz CT molecular complexity index is 1120. The van der Waals surface area contributed by atoms with E-state index in [9.17, 15) is 19.2 Å². The predicted molar refractivity (Wildman–Crippen MR) is 137 cm³/mol. The number of carbonyl (C=O) groups excluding carboxylic acids is 3. The average molecular weight is 511 g/mol. The number of carboxylic acid groups (broad SMARTS) is 1. The number of ether oxygens (including phenoxy) is 2. The molecule has 1 aliphatic carbocycles. The fourth-order valence-electron chi connectivity index (χ4n) is 4.61. The molecule has 0 bridgehead atoms. The van der Waals surface area contributed by atoms with E-state index in [0.29, 0.717) is 18.6 Å². The van der Waals surface area contributed by atoms with Crippen molar-refractivity contribution in [3.05, 3.63) is 59.2 Å². The van der Waals surface area contributed by atoms with Gasteiger partial charge in [0.15, 0.2) is 5.60 Å². The van der Waals surface area contributed by atoms with Crippen LogP contribution < -0.4 is 15.4 Å². The van der Waals surface area contributed by atoms with Gasteiger partial charge in [-0.25, -0.2) is 4.79 Å². The Morgan fingerprint density at radius 3 is 2.19 bits per heavy atom. The van der Waals surface area contributed by atoms with Crippen LogP contribution in [-0.4, -0.2) is 47.6 Å². The van der Waals surface area contributed by atoms with Gasteiger partial charge in [0, 0.05) is 12.1 Å². The lowest BCUT2D eigenvalue weighted by Crippen LogP contribution is -2.54. The van der Waals surface area contributed by atoms with E-state index in [1.54, 1.807) is 24.3 Å². The molecule has 0 saturated heterocycles. The van der Waals surface area contributed by atoms with Gasteiger partial charge in [0.25, 0.3) is 5.91 Å². The van der Waals surface area contributed by atoms with Crippen molar-refractivity contribution in [3.63, 3.8) is 0 Å². The predicted octanol–water partition coefficient (Wildman–Crippen LogP) is 3.70. The molecular weight excluding hydrogens is 476 g/mol. The molecule has 2 aromatic rings. The van der Waals surface area contributed by atoms with E-state index < -0.39 is 29.5 Å². The number of carbonyl (C=O) groups is 4. The van der Waals surface area contributed by atoms with Crippen LogP contribution in [0.3, 0.4) is 0 Å². The fraction of sp³-hybridized carbons (Fsp3) is 0.429. The van der Waals surface area contributed by atoms with Gasteiger partial charge >= 0.3 is 11.9 Å². The Morgan fingerprint density at radius 1 is 1.00 bits per heavy atom. The van der Waals surface area contributed by atoms with Gasteiger partial charge in [-0.15, -0.1) is 0 Å². The molecule has 0 radical (unpaired) electrons. The summed E-state index contributed by atoms with van der Waals surface area (Å²) in [6, 6.07) is 11.8. The number of rotatable bonds is 11. The first-order valence-corrected chi connectivity index (χ1v) is 12.4. The Kier molecular flexibility index (Phi) is 9.27. The van der Waals surface area contributed by atoms with Crippen LogP contribution in [-0.2, 0) is 30.3 Å². The maximum absolute atomic E-state index is 13.2. The summed E-state index contributed by atoms with van der Waals surface area (Å²) in [5, 5.41) is 14.5. The number of aliphatic carboxylic acids is 1. The zero-order chi connectivity index (χ0) is 27.0. The van der Waals surface area contributed by atoms with Crippen molar-refractivity contribution in [1.82, 2.24) is 5.32 Å². The number of amides is 2. The smallest absolute Gasteiger partial charge is 0.328 e. The van der Waals surface area contributed by atoms with E-state index in [-0.39, 0.29) is 25.2 Å².